The van der Waals surface area contributed by atoms with Crippen molar-refractivity contribution >= 4 is 27.8 Å². The van der Waals surface area contributed by atoms with Gasteiger partial charge in [-0.05, 0) is 47.0 Å². The summed E-state index contributed by atoms with van der Waals surface area (Å²) in [6.07, 6.45) is 6.54. The first kappa shape index (κ1) is 16.1. The predicted octanol–water partition coefficient (Wildman–Crippen LogP) is 2.33. The monoisotopic (exact) mass is 394 g/mol. The Kier molecular flexibility index (Phi) is 4.37. The van der Waals surface area contributed by atoms with Gasteiger partial charge >= 0.3 is 0 Å². The van der Waals surface area contributed by atoms with E-state index >= 15 is 0 Å². The van der Waals surface area contributed by atoms with Crippen LogP contribution in [0.2, 0.25) is 0 Å². The molecule has 2 aliphatic heterocycles. The van der Waals surface area contributed by atoms with Gasteiger partial charge in [0.15, 0.2) is 0 Å². The fourth-order valence-corrected chi connectivity index (χ4v) is 4.81. The van der Waals surface area contributed by atoms with Gasteiger partial charge in [-0.1, -0.05) is 6.42 Å². The van der Waals surface area contributed by atoms with E-state index in [1.54, 1.807) is 13.3 Å². The molecular formula is C17H23BrN4O2. The van der Waals surface area contributed by atoms with Crippen LogP contribution < -0.4 is 9.64 Å². The summed E-state index contributed by atoms with van der Waals surface area (Å²) in [5, 5.41) is 0. The predicted molar refractivity (Wildman–Crippen MR) is 94.0 cm³/mol. The molecule has 1 aromatic rings. The Hall–Kier alpha value is -1.37. The van der Waals surface area contributed by atoms with Crippen LogP contribution in [0.4, 0.5) is 5.95 Å². The van der Waals surface area contributed by atoms with Crippen LogP contribution in [0.15, 0.2) is 10.7 Å². The molecule has 1 amide bonds. The van der Waals surface area contributed by atoms with Crippen molar-refractivity contribution in [3.8, 4) is 5.88 Å². The Balaban J connectivity index is 1.40. The lowest BCUT2D eigenvalue weighted by atomic mass is 10.0. The maximum Gasteiger partial charge on any atom is 0.232 e. The minimum Gasteiger partial charge on any atom is -0.480 e. The smallest absolute Gasteiger partial charge is 0.232 e. The van der Waals surface area contributed by atoms with Crippen molar-refractivity contribution in [2.75, 3.05) is 38.2 Å². The van der Waals surface area contributed by atoms with E-state index in [2.05, 4.69) is 35.7 Å². The molecule has 7 heteroatoms. The highest BCUT2D eigenvalue weighted by atomic mass is 79.9. The van der Waals surface area contributed by atoms with Crippen molar-refractivity contribution in [1.82, 2.24) is 14.9 Å². The first-order chi connectivity index (χ1) is 11.7. The van der Waals surface area contributed by atoms with E-state index in [-0.39, 0.29) is 5.92 Å². The maximum absolute atomic E-state index is 12.9. The molecule has 3 heterocycles. The molecule has 1 aromatic heterocycles. The average Bonchev–Trinajstić information content (AvgIpc) is 3.30. The number of nitrogens with zero attached hydrogens (tertiary/aromatic N) is 4. The van der Waals surface area contributed by atoms with E-state index in [4.69, 9.17) is 4.74 Å². The molecule has 1 saturated carbocycles. The third kappa shape index (κ3) is 2.87. The van der Waals surface area contributed by atoms with E-state index < -0.39 is 0 Å². The second-order valence-electron chi connectivity index (χ2n) is 7.15. The van der Waals surface area contributed by atoms with Crippen molar-refractivity contribution in [3.63, 3.8) is 0 Å². The van der Waals surface area contributed by atoms with Gasteiger partial charge in [-0.25, -0.2) is 4.98 Å². The zero-order valence-electron chi connectivity index (χ0n) is 13.9. The van der Waals surface area contributed by atoms with Crippen molar-refractivity contribution < 1.29 is 9.53 Å². The van der Waals surface area contributed by atoms with Crippen molar-refractivity contribution in [2.24, 2.45) is 17.8 Å². The summed E-state index contributed by atoms with van der Waals surface area (Å²) < 4.78 is 5.98. The number of aromatic nitrogens is 2. The molecule has 0 aromatic carbocycles. The molecule has 0 N–H and O–H groups in total. The van der Waals surface area contributed by atoms with Crippen LogP contribution in [0.5, 0.6) is 5.88 Å². The van der Waals surface area contributed by atoms with Gasteiger partial charge in [0.05, 0.1) is 23.7 Å². The van der Waals surface area contributed by atoms with Gasteiger partial charge in [-0.15, -0.1) is 0 Å². The molecule has 0 spiro atoms. The Bertz CT molecular complexity index is 629. The van der Waals surface area contributed by atoms with E-state index in [1.165, 1.54) is 19.3 Å². The normalized spacial score (nSPS) is 29.2. The summed E-state index contributed by atoms with van der Waals surface area (Å²) in [5.41, 5.74) is 0. The molecule has 2 saturated heterocycles. The Morgan fingerprint density at radius 2 is 2.00 bits per heavy atom. The highest BCUT2D eigenvalue weighted by Gasteiger charge is 2.41. The average molecular weight is 395 g/mol. The number of amides is 1. The van der Waals surface area contributed by atoms with Gasteiger partial charge in [-0.3, -0.25) is 4.79 Å². The molecule has 3 aliphatic rings. The molecular weight excluding hydrogens is 372 g/mol. The van der Waals surface area contributed by atoms with E-state index in [0.717, 1.165) is 42.4 Å². The highest BCUT2D eigenvalue weighted by molar-refractivity contribution is 9.10. The Labute approximate surface area is 150 Å². The van der Waals surface area contributed by atoms with Crippen LogP contribution in [-0.2, 0) is 4.79 Å². The van der Waals surface area contributed by atoms with Crippen molar-refractivity contribution in [2.45, 2.75) is 25.7 Å². The Morgan fingerprint density at radius 3 is 2.71 bits per heavy atom. The minimum absolute atomic E-state index is 0.0714. The molecule has 1 aliphatic carbocycles. The topological polar surface area (TPSA) is 58.6 Å². The molecule has 3 atom stereocenters. The molecule has 4 rings (SSSR count). The fourth-order valence-electron chi connectivity index (χ4n) is 4.45. The molecule has 6 nitrogen and oxygen atoms in total. The second-order valence-corrected chi connectivity index (χ2v) is 8.01. The van der Waals surface area contributed by atoms with E-state index in [9.17, 15) is 4.79 Å². The van der Waals surface area contributed by atoms with Gasteiger partial charge in [0.2, 0.25) is 17.7 Å². The second kappa shape index (κ2) is 6.50. The number of hydrogen-bond acceptors (Lipinski definition) is 5. The molecule has 24 heavy (non-hydrogen) atoms. The minimum atomic E-state index is 0.0714. The zero-order valence-corrected chi connectivity index (χ0v) is 15.5. The number of likely N-dealkylation sites (tertiary alicyclic amines) is 1. The summed E-state index contributed by atoms with van der Waals surface area (Å²) in [6.45, 7) is 3.47. The SMILES string of the molecule is COc1nc(N2CCC(C(=O)N3CC4CCCC4C3)C2)ncc1Br. The molecule has 0 radical (unpaired) electrons. The van der Waals surface area contributed by atoms with Crippen molar-refractivity contribution in [3.05, 3.63) is 10.7 Å². The molecule has 3 fully saturated rings. The number of carbonyl (C=O) groups is 1. The lowest BCUT2D eigenvalue weighted by Crippen LogP contribution is -2.36. The number of anilines is 1. The molecule has 130 valence electrons. The standard InChI is InChI=1S/C17H23BrN4O2/c1-24-15-14(18)7-19-17(20-15)21-6-5-13(10-21)16(23)22-8-11-3-2-4-12(11)9-22/h7,11-13H,2-6,8-10H2,1H3. The van der Waals surface area contributed by atoms with Crippen LogP contribution in [-0.4, -0.2) is 54.1 Å². The fraction of sp³-hybridized carbons (Fsp3) is 0.706. The van der Waals surface area contributed by atoms with Crippen LogP contribution in [0.3, 0.4) is 0 Å². The first-order valence-electron chi connectivity index (χ1n) is 8.76. The first-order valence-corrected chi connectivity index (χ1v) is 9.55. The Morgan fingerprint density at radius 1 is 1.25 bits per heavy atom. The largest absolute Gasteiger partial charge is 0.480 e. The van der Waals surface area contributed by atoms with E-state index in [0.29, 0.717) is 24.3 Å². The highest BCUT2D eigenvalue weighted by Crippen LogP contribution is 2.38. The summed E-state index contributed by atoms with van der Waals surface area (Å²) >= 11 is 3.37. The maximum atomic E-state index is 12.9. The molecule has 3 unspecified atom stereocenters. The van der Waals surface area contributed by atoms with Crippen LogP contribution in [0.25, 0.3) is 0 Å². The van der Waals surface area contributed by atoms with Gasteiger partial charge in [0, 0.05) is 26.2 Å². The zero-order chi connectivity index (χ0) is 16.7. The number of methoxy groups -OCH3 is 1. The van der Waals surface area contributed by atoms with Crippen LogP contribution in [0.1, 0.15) is 25.7 Å². The summed E-state index contributed by atoms with van der Waals surface area (Å²) in [5.74, 6) is 3.08. The van der Waals surface area contributed by atoms with Crippen molar-refractivity contribution in [1.29, 1.82) is 0 Å². The number of ether oxygens (including phenoxy) is 1. The van der Waals surface area contributed by atoms with Gasteiger partial charge in [0.25, 0.3) is 0 Å². The quantitative estimate of drug-likeness (QED) is 0.787. The number of carbonyl (C=O) groups excluding carboxylic acids is 1. The number of hydrogen-bond donors (Lipinski definition) is 0. The number of rotatable bonds is 3. The number of fused-ring (bicyclic) bond motifs is 1. The van der Waals surface area contributed by atoms with Crippen LogP contribution in [0, 0.1) is 17.8 Å². The van der Waals surface area contributed by atoms with E-state index in [1.807, 2.05) is 0 Å². The number of halogens is 1. The summed E-state index contributed by atoms with van der Waals surface area (Å²) in [4.78, 5) is 25.9. The summed E-state index contributed by atoms with van der Waals surface area (Å²) in [7, 11) is 1.59. The van der Waals surface area contributed by atoms with Gasteiger partial charge in [0.1, 0.15) is 0 Å². The lowest BCUT2D eigenvalue weighted by Gasteiger charge is -2.22. The molecule has 0 bridgehead atoms. The van der Waals surface area contributed by atoms with Gasteiger partial charge in [-0.2, -0.15) is 4.98 Å². The lowest BCUT2D eigenvalue weighted by molar-refractivity contribution is -0.134. The third-order valence-corrected chi connectivity index (χ3v) is 6.29. The third-order valence-electron chi connectivity index (χ3n) is 5.75. The van der Waals surface area contributed by atoms with Gasteiger partial charge < -0.3 is 14.5 Å². The summed E-state index contributed by atoms with van der Waals surface area (Å²) in [6, 6.07) is 0. The van der Waals surface area contributed by atoms with Crippen LogP contribution >= 0.6 is 15.9 Å².